The standard InChI is InChI=1S/C16H18ClN5O2/c1-10(18-2)9-21-15(23)13-14(20-8-7-19-13)16(24)22-12-5-3-11(17)4-6-12/h3-8,10,18H,9H2,1-2H3,(H,21,23)(H,22,24). The van der Waals surface area contributed by atoms with Crippen molar-refractivity contribution in [3.8, 4) is 0 Å². The lowest BCUT2D eigenvalue weighted by Gasteiger charge is -2.12. The molecule has 1 aromatic carbocycles. The lowest BCUT2D eigenvalue weighted by atomic mass is 10.2. The number of carbonyl (C=O) groups is 2. The molecule has 24 heavy (non-hydrogen) atoms. The molecular weight excluding hydrogens is 330 g/mol. The van der Waals surface area contributed by atoms with Crippen molar-refractivity contribution in [3.63, 3.8) is 0 Å². The Morgan fingerprint density at radius 2 is 1.67 bits per heavy atom. The van der Waals surface area contributed by atoms with Crippen LogP contribution < -0.4 is 16.0 Å². The average molecular weight is 348 g/mol. The van der Waals surface area contributed by atoms with Crippen molar-refractivity contribution in [2.24, 2.45) is 0 Å². The zero-order valence-corrected chi connectivity index (χ0v) is 14.1. The normalized spacial score (nSPS) is 11.6. The Morgan fingerprint density at radius 1 is 1.08 bits per heavy atom. The van der Waals surface area contributed by atoms with Gasteiger partial charge < -0.3 is 16.0 Å². The van der Waals surface area contributed by atoms with Gasteiger partial charge in [0.05, 0.1) is 0 Å². The highest BCUT2D eigenvalue weighted by Gasteiger charge is 2.20. The highest BCUT2D eigenvalue weighted by atomic mass is 35.5. The van der Waals surface area contributed by atoms with Crippen LogP contribution in [0, 0.1) is 0 Å². The molecule has 0 spiro atoms. The third-order valence-corrected chi connectivity index (χ3v) is 3.54. The maximum atomic E-state index is 12.4. The molecule has 0 bridgehead atoms. The first-order valence-electron chi connectivity index (χ1n) is 7.34. The molecule has 1 heterocycles. The fourth-order valence-corrected chi connectivity index (χ4v) is 1.95. The van der Waals surface area contributed by atoms with Gasteiger partial charge in [-0.3, -0.25) is 9.59 Å². The van der Waals surface area contributed by atoms with Crippen LogP contribution in [-0.2, 0) is 0 Å². The molecule has 0 saturated heterocycles. The minimum absolute atomic E-state index is 0.0210. The van der Waals surface area contributed by atoms with Crippen molar-refractivity contribution in [2.75, 3.05) is 18.9 Å². The van der Waals surface area contributed by atoms with E-state index in [1.807, 2.05) is 6.92 Å². The summed E-state index contributed by atoms with van der Waals surface area (Å²) in [6, 6.07) is 6.72. The number of likely N-dealkylation sites (N-methyl/N-ethyl adjacent to an activating group) is 1. The fourth-order valence-electron chi connectivity index (χ4n) is 1.83. The van der Waals surface area contributed by atoms with E-state index < -0.39 is 11.8 Å². The molecule has 2 rings (SSSR count). The molecule has 3 N–H and O–H groups in total. The molecular formula is C16H18ClN5O2. The van der Waals surface area contributed by atoms with E-state index in [0.717, 1.165) is 0 Å². The van der Waals surface area contributed by atoms with E-state index in [9.17, 15) is 9.59 Å². The van der Waals surface area contributed by atoms with Gasteiger partial charge in [-0.15, -0.1) is 0 Å². The number of halogens is 1. The number of nitrogens with zero attached hydrogens (tertiary/aromatic N) is 2. The summed E-state index contributed by atoms with van der Waals surface area (Å²) in [5, 5.41) is 8.95. The van der Waals surface area contributed by atoms with Crippen LogP contribution in [0.25, 0.3) is 0 Å². The van der Waals surface area contributed by atoms with Gasteiger partial charge >= 0.3 is 0 Å². The highest BCUT2D eigenvalue weighted by molar-refractivity contribution is 6.30. The van der Waals surface area contributed by atoms with Gasteiger partial charge in [-0.05, 0) is 38.2 Å². The Bertz CT molecular complexity index is 721. The maximum absolute atomic E-state index is 12.4. The summed E-state index contributed by atoms with van der Waals surface area (Å²) in [6.07, 6.45) is 2.74. The number of rotatable bonds is 6. The number of hydrogen-bond acceptors (Lipinski definition) is 5. The number of carbonyl (C=O) groups excluding carboxylic acids is 2. The molecule has 1 unspecified atom stereocenters. The van der Waals surface area contributed by atoms with Crippen LogP contribution in [0.3, 0.4) is 0 Å². The summed E-state index contributed by atoms with van der Waals surface area (Å²) in [6.45, 7) is 2.33. The largest absolute Gasteiger partial charge is 0.349 e. The molecule has 0 aliphatic heterocycles. The number of nitrogens with one attached hydrogen (secondary N) is 3. The second-order valence-corrected chi connectivity index (χ2v) is 5.55. The van der Waals surface area contributed by atoms with Gasteiger partial charge in [0.2, 0.25) is 0 Å². The van der Waals surface area contributed by atoms with Crippen molar-refractivity contribution in [1.29, 1.82) is 0 Å². The summed E-state index contributed by atoms with van der Waals surface area (Å²) in [5.74, 6) is -0.969. The van der Waals surface area contributed by atoms with Crippen LogP contribution in [-0.4, -0.2) is 41.4 Å². The number of hydrogen-bond donors (Lipinski definition) is 3. The van der Waals surface area contributed by atoms with E-state index in [4.69, 9.17) is 11.6 Å². The van der Waals surface area contributed by atoms with E-state index in [1.54, 1.807) is 31.3 Å². The molecule has 0 aliphatic rings. The Morgan fingerprint density at radius 3 is 2.25 bits per heavy atom. The Labute approximate surface area is 144 Å². The zero-order valence-electron chi connectivity index (χ0n) is 13.3. The lowest BCUT2D eigenvalue weighted by Crippen LogP contribution is -2.38. The molecule has 0 fully saturated rings. The molecule has 2 amide bonds. The number of anilines is 1. The first-order chi connectivity index (χ1) is 11.5. The Kier molecular flexibility index (Phi) is 6.22. The monoisotopic (exact) mass is 347 g/mol. The first kappa shape index (κ1) is 17.8. The van der Waals surface area contributed by atoms with Crippen molar-refractivity contribution < 1.29 is 9.59 Å². The van der Waals surface area contributed by atoms with Crippen LogP contribution >= 0.6 is 11.6 Å². The van der Waals surface area contributed by atoms with E-state index in [2.05, 4.69) is 25.9 Å². The van der Waals surface area contributed by atoms with Crippen molar-refractivity contribution >= 4 is 29.1 Å². The van der Waals surface area contributed by atoms with E-state index in [1.165, 1.54) is 12.4 Å². The van der Waals surface area contributed by atoms with Gasteiger partial charge in [0.1, 0.15) is 0 Å². The molecule has 7 nitrogen and oxygen atoms in total. The highest BCUT2D eigenvalue weighted by Crippen LogP contribution is 2.14. The van der Waals surface area contributed by atoms with Crippen LogP contribution in [0.4, 0.5) is 5.69 Å². The van der Waals surface area contributed by atoms with Gasteiger partial charge in [-0.25, -0.2) is 9.97 Å². The van der Waals surface area contributed by atoms with Crippen LogP contribution in [0.15, 0.2) is 36.7 Å². The first-order valence-corrected chi connectivity index (χ1v) is 7.72. The van der Waals surface area contributed by atoms with Crippen LogP contribution in [0.5, 0.6) is 0 Å². The molecule has 1 atom stereocenters. The predicted octanol–water partition coefficient (Wildman–Crippen LogP) is 1.72. The van der Waals surface area contributed by atoms with Crippen molar-refractivity contribution in [3.05, 3.63) is 53.1 Å². The third-order valence-electron chi connectivity index (χ3n) is 3.29. The molecule has 2 aromatic rings. The number of amides is 2. The Balaban J connectivity index is 2.13. The summed E-state index contributed by atoms with van der Waals surface area (Å²) in [7, 11) is 1.80. The summed E-state index contributed by atoms with van der Waals surface area (Å²) in [5.41, 5.74) is 0.486. The Hall–Kier alpha value is -2.51. The molecule has 0 saturated carbocycles. The average Bonchev–Trinajstić information content (AvgIpc) is 2.61. The topological polar surface area (TPSA) is 96.0 Å². The van der Waals surface area contributed by atoms with Gasteiger partial charge in [-0.1, -0.05) is 11.6 Å². The van der Waals surface area contributed by atoms with E-state index in [0.29, 0.717) is 17.3 Å². The van der Waals surface area contributed by atoms with Crippen molar-refractivity contribution in [1.82, 2.24) is 20.6 Å². The van der Waals surface area contributed by atoms with Crippen LogP contribution in [0.1, 0.15) is 27.9 Å². The minimum Gasteiger partial charge on any atom is -0.349 e. The second kappa shape index (κ2) is 8.37. The fraction of sp³-hybridized carbons (Fsp3) is 0.250. The van der Waals surface area contributed by atoms with Crippen molar-refractivity contribution in [2.45, 2.75) is 13.0 Å². The van der Waals surface area contributed by atoms with Crippen LogP contribution in [0.2, 0.25) is 5.02 Å². The maximum Gasteiger partial charge on any atom is 0.276 e. The molecule has 126 valence electrons. The number of aromatic nitrogens is 2. The predicted molar refractivity (Wildman–Crippen MR) is 92.3 cm³/mol. The van der Waals surface area contributed by atoms with E-state index in [-0.39, 0.29) is 17.4 Å². The molecule has 0 radical (unpaired) electrons. The smallest absolute Gasteiger partial charge is 0.276 e. The zero-order chi connectivity index (χ0) is 17.5. The van der Waals surface area contributed by atoms with Gasteiger partial charge in [0.15, 0.2) is 11.4 Å². The summed E-state index contributed by atoms with van der Waals surface area (Å²) in [4.78, 5) is 32.6. The molecule has 8 heteroatoms. The van der Waals surface area contributed by atoms with E-state index >= 15 is 0 Å². The second-order valence-electron chi connectivity index (χ2n) is 5.11. The lowest BCUT2D eigenvalue weighted by molar-refractivity contribution is 0.0930. The summed E-state index contributed by atoms with van der Waals surface area (Å²) >= 11 is 5.81. The van der Waals surface area contributed by atoms with Gasteiger partial charge in [-0.2, -0.15) is 0 Å². The summed E-state index contributed by atoms with van der Waals surface area (Å²) < 4.78 is 0. The minimum atomic E-state index is -0.516. The van der Waals surface area contributed by atoms with Gasteiger partial charge in [0, 0.05) is 35.7 Å². The molecule has 1 aromatic heterocycles. The quantitative estimate of drug-likeness (QED) is 0.739. The SMILES string of the molecule is CNC(C)CNC(=O)c1nccnc1C(=O)Nc1ccc(Cl)cc1. The third kappa shape index (κ3) is 4.74. The number of benzene rings is 1. The molecule has 0 aliphatic carbocycles. The van der Waals surface area contributed by atoms with Gasteiger partial charge in [0.25, 0.3) is 11.8 Å².